The predicted molar refractivity (Wildman–Crippen MR) is 122 cm³/mol. The molecule has 5 heteroatoms. The molecule has 0 aromatic heterocycles. The molecule has 1 unspecified atom stereocenters. The van der Waals surface area contributed by atoms with Crippen LogP contribution >= 0.6 is 0 Å². The number of hydrogen-bond acceptors (Lipinski definition) is 5. The third-order valence-corrected chi connectivity index (χ3v) is 4.59. The second-order valence-electron chi connectivity index (χ2n) is 7.31. The van der Waals surface area contributed by atoms with E-state index in [1.54, 1.807) is 6.21 Å². The smallest absolute Gasteiger partial charge is 0.125 e. The Morgan fingerprint density at radius 1 is 0.967 bits per heavy atom. The topological polar surface area (TPSA) is 49.3 Å². The van der Waals surface area contributed by atoms with Gasteiger partial charge in [0.25, 0.3) is 0 Å². The number of aryl methyl sites for hydroxylation is 2. The maximum Gasteiger partial charge on any atom is 0.125 e. The van der Waals surface area contributed by atoms with Gasteiger partial charge in [-0.3, -0.25) is 0 Å². The highest BCUT2D eigenvalue weighted by atomic mass is 16.6. The second-order valence-corrected chi connectivity index (χ2v) is 7.31. The standard InChI is InChI=1S/C25H33NO4/c1-6-7-13-28-24-15-20(3)25(21(4)16-24)29-14-12-19(2)18-30-23-10-8-22(9-11-23)17-26-27-5/h6-11,15-17,19H,12-14,18H2,1-5H3/b7-6+,26-17?. The molecule has 0 saturated carbocycles. The van der Waals surface area contributed by atoms with Crippen LogP contribution in [-0.4, -0.2) is 33.1 Å². The summed E-state index contributed by atoms with van der Waals surface area (Å²) in [5, 5.41) is 3.75. The minimum Gasteiger partial charge on any atom is -0.493 e. The molecular weight excluding hydrogens is 378 g/mol. The summed E-state index contributed by atoms with van der Waals surface area (Å²) in [5.74, 6) is 3.04. The average Bonchev–Trinajstić information content (AvgIpc) is 2.73. The van der Waals surface area contributed by atoms with E-state index in [0.717, 1.165) is 40.4 Å². The predicted octanol–water partition coefficient (Wildman–Crippen LogP) is 5.72. The summed E-state index contributed by atoms with van der Waals surface area (Å²) in [4.78, 5) is 4.68. The van der Waals surface area contributed by atoms with Gasteiger partial charge in [-0.2, -0.15) is 0 Å². The van der Waals surface area contributed by atoms with E-state index in [1.807, 2.05) is 55.5 Å². The molecule has 0 aliphatic heterocycles. The van der Waals surface area contributed by atoms with Crippen molar-refractivity contribution in [1.29, 1.82) is 0 Å². The molecule has 2 rings (SSSR count). The van der Waals surface area contributed by atoms with E-state index in [4.69, 9.17) is 14.2 Å². The Bertz CT molecular complexity index is 805. The lowest BCUT2D eigenvalue weighted by Crippen LogP contribution is -2.13. The number of ether oxygens (including phenoxy) is 3. The molecule has 0 amide bonds. The van der Waals surface area contributed by atoms with Crippen LogP contribution < -0.4 is 14.2 Å². The van der Waals surface area contributed by atoms with Crippen molar-refractivity contribution in [2.24, 2.45) is 11.1 Å². The fourth-order valence-electron chi connectivity index (χ4n) is 2.91. The third-order valence-electron chi connectivity index (χ3n) is 4.59. The summed E-state index contributed by atoms with van der Waals surface area (Å²) in [6, 6.07) is 11.8. The molecule has 1 atom stereocenters. The molecule has 2 aromatic carbocycles. The normalized spacial score (nSPS) is 12.3. The van der Waals surface area contributed by atoms with Gasteiger partial charge in [0.1, 0.15) is 31.0 Å². The highest BCUT2D eigenvalue weighted by Gasteiger charge is 2.09. The van der Waals surface area contributed by atoms with Crippen LogP contribution in [0.3, 0.4) is 0 Å². The van der Waals surface area contributed by atoms with Crippen LogP contribution in [0.25, 0.3) is 0 Å². The van der Waals surface area contributed by atoms with Crippen molar-refractivity contribution in [3.05, 3.63) is 65.2 Å². The van der Waals surface area contributed by atoms with Gasteiger partial charge in [0.15, 0.2) is 0 Å². The second kappa shape index (κ2) is 12.6. The van der Waals surface area contributed by atoms with Gasteiger partial charge in [-0.05, 0) is 86.2 Å². The lowest BCUT2D eigenvalue weighted by Gasteiger charge is -2.17. The van der Waals surface area contributed by atoms with Crippen LogP contribution in [0, 0.1) is 19.8 Å². The van der Waals surface area contributed by atoms with Gasteiger partial charge < -0.3 is 19.0 Å². The molecule has 0 aliphatic rings. The van der Waals surface area contributed by atoms with Crippen LogP contribution in [0.2, 0.25) is 0 Å². The molecule has 0 fully saturated rings. The Hall–Kier alpha value is -2.95. The largest absolute Gasteiger partial charge is 0.493 e. The molecule has 0 spiro atoms. The Kier molecular flexibility index (Phi) is 9.78. The van der Waals surface area contributed by atoms with E-state index in [-0.39, 0.29) is 0 Å². The number of rotatable bonds is 12. The molecule has 30 heavy (non-hydrogen) atoms. The van der Waals surface area contributed by atoms with E-state index in [0.29, 0.717) is 25.7 Å². The maximum atomic E-state index is 6.07. The Morgan fingerprint density at radius 3 is 2.30 bits per heavy atom. The van der Waals surface area contributed by atoms with Crippen molar-refractivity contribution >= 4 is 6.21 Å². The van der Waals surface area contributed by atoms with Crippen molar-refractivity contribution in [2.75, 3.05) is 26.9 Å². The van der Waals surface area contributed by atoms with E-state index in [1.165, 1.54) is 7.11 Å². The maximum absolute atomic E-state index is 6.07. The van der Waals surface area contributed by atoms with Gasteiger partial charge in [0.05, 0.1) is 19.4 Å². The molecule has 0 radical (unpaired) electrons. The quantitative estimate of drug-likeness (QED) is 0.254. The molecule has 0 bridgehead atoms. The number of benzene rings is 2. The zero-order chi connectivity index (χ0) is 21.8. The van der Waals surface area contributed by atoms with Crippen LogP contribution in [0.5, 0.6) is 17.2 Å². The molecule has 0 aliphatic carbocycles. The van der Waals surface area contributed by atoms with Gasteiger partial charge in [-0.1, -0.05) is 24.2 Å². The van der Waals surface area contributed by atoms with Crippen molar-refractivity contribution in [2.45, 2.75) is 34.1 Å². The summed E-state index contributed by atoms with van der Waals surface area (Å²) in [5.41, 5.74) is 3.15. The number of allylic oxidation sites excluding steroid dienone is 1. The van der Waals surface area contributed by atoms with Crippen molar-refractivity contribution in [1.82, 2.24) is 0 Å². The number of hydrogen-bond donors (Lipinski definition) is 0. The SMILES string of the molecule is C/C=C/COc1cc(C)c(OCCC(C)COc2ccc(C=NOC)cc2)c(C)c1. The zero-order valence-electron chi connectivity index (χ0n) is 18.7. The van der Waals surface area contributed by atoms with Crippen molar-refractivity contribution in [3.63, 3.8) is 0 Å². The molecule has 162 valence electrons. The van der Waals surface area contributed by atoms with Crippen LogP contribution in [0.4, 0.5) is 0 Å². The summed E-state index contributed by atoms with van der Waals surface area (Å²) in [7, 11) is 1.53. The first-order chi connectivity index (χ1) is 14.5. The molecule has 0 saturated heterocycles. The van der Waals surface area contributed by atoms with E-state index < -0.39 is 0 Å². The molecule has 0 heterocycles. The van der Waals surface area contributed by atoms with E-state index >= 15 is 0 Å². The van der Waals surface area contributed by atoms with E-state index in [9.17, 15) is 0 Å². The van der Waals surface area contributed by atoms with Crippen LogP contribution in [0.1, 0.15) is 37.0 Å². The Balaban J connectivity index is 1.77. The van der Waals surface area contributed by atoms with Crippen LogP contribution in [-0.2, 0) is 4.84 Å². The summed E-state index contributed by atoms with van der Waals surface area (Å²) >= 11 is 0. The minimum absolute atomic E-state index is 0.379. The molecular formula is C25H33NO4. The lowest BCUT2D eigenvalue weighted by atomic mass is 10.1. The van der Waals surface area contributed by atoms with Gasteiger partial charge in [0, 0.05) is 0 Å². The minimum atomic E-state index is 0.379. The number of nitrogens with zero attached hydrogens (tertiary/aromatic N) is 1. The molecule has 2 aromatic rings. The Morgan fingerprint density at radius 2 is 1.67 bits per heavy atom. The highest BCUT2D eigenvalue weighted by Crippen LogP contribution is 2.29. The van der Waals surface area contributed by atoms with E-state index in [2.05, 4.69) is 30.8 Å². The average molecular weight is 412 g/mol. The lowest BCUT2D eigenvalue weighted by molar-refractivity contribution is 0.215. The van der Waals surface area contributed by atoms with Gasteiger partial charge in [-0.25, -0.2) is 0 Å². The first kappa shape index (κ1) is 23.3. The summed E-state index contributed by atoms with van der Waals surface area (Å²) in [6.45, 7) is 10.1. The monoisotopic (exact) mass is 411 g/mol. The van der Waals surface area contributed by atoms with Gasteiger partial charge in [0.2, 0.25) is 0 Å². The molecule has 0 N–H and O–H groups in total. The highest BCUT2D eigenvalue weighted by molar-refractivity contribution is 5.79. The van der Waals surface area contributed by atoms with Crippen molar-refractivity contribution < 1.29 is 19.0 Å². The third kappa shape index (κ3) is 7.82. The zero-order valence-corrected chi connectivity index (χ0v) is 18.7. The Labute approximate surface area is 180 Å². The van der Waals surface area contributed by atoms with Crippen LogP contribution in [0.15, 0.2) is 53.7 Å². The first-order valence-corrected chi connectivity index (χ1v) is 10.3. The number of oxime groups is 1. The summed E-state index contributed by atoms with van der Waals surface area (Å²) < 4.78 is 17.7. The fourth-order valence-corrected chi connectivity index (χ4v) is 2.91. The first-order valence-electron chi connectivity index (χ1n) is 10.3. The fraction of sp³-hybridized carbons (Fsp3) is 0.400. The van der Waals surface area contributed by atoms with Crippen molar-refractivity contribution in [3.8, 4) is 17.2 Å². The van der Waals surface area contributed by atoms with Gasteiger partial charge in [-0.15, -0.1) is 0 Å². The summed E-state index contributed by atoms with van der Waals surface area (Å²) in [6.07, 6.45) is 6.54. The molecule has 5 nitrogen and oxygen atoms in total. The van der Waals surface area contributed by atoms with Gasteiger partial charge >= 0.3 is 0 Å².